The smallest absolute Gasteiger partial charge is 0.123 e. The summed E-state index contributed by atoms with van der Waals surface area (Å²) < 4.78 is 6.15. The molecule has 0 aliphatic heterocycles. The Hall–Kier alpha value is 0.440. The third kappa shape index (κ3) is 2.02. The number of alkyl halides is 1. The monoisotopic (exact) mass is 232 g/mol. The van der Waals surface area contributed by atoms with Gasteiger partial charge in [-0.2, -0.15) is 0 Å². The van der Waals surface area contributed by atoms with Crippen molar-refractivity contribution in [3.8, 4) is 0 Å². The van der Waals surface area contributed by atoms with Crippen molar-refractivity contribution in [1.82, 2.24) is 0 Å². The first-order chi connectivity index (χ1) is 5.79. The van der Waals surface area contributed by atoms with Gasteiger partial charge >= 0.3 is 0 Å². The van der Waals surface area contributed by atoms with E-state index in [1.54, 1.807) is 0 Å². The van der Waals surface area contributed by atoms with Gasteiger partial charge in [0.2, 0.25) is 0 Å². The molecule has 0 N–H and O–H groups in total. The van der Waals surface area contributed by atoms with Crippen LogP contribution in [0.3, 0.4) is 0 Å². The molecule has 2 saturated carbocycles. The van der Waals surface area contributed by atoms with Gasteiger partial charge in [0.25, 0.3) is 0 Å². The molecule has 0 aromatic heterocycles. The minimum absolute atomic E-state index is 0.0714. The normalized spacial score (nSPS) is 29.8. The molecule has 12 heavy (non-hydrogen) atoms. The molecule has 2 heteroatoms. The number of rotatable bonds is 2. The van der Waals surface area contributed by atoms with E-state index in [0.717, 1.165) is 0 Å². The first-order valence-electron chi connectivity index (χ1n) is 5.15. The van der Waals surface area contributed by atoms with E-state index in [4.69, 9.17) is 4.74 Å². The average molecular weight is 233 g/mol. The molecule has 0 aromatic rings. The highest BCUT2D eigenvalue weighted by molar-refractivity contribution is 9.10. The van der Waals surface area contributed by atoms with Gasteiger partial charge in [-0.05, 0) is 38.5 Å². The second kappa shape index (κ2) is 3.67. The summed E-state index contributed by atoms with van der Waals surface area (Å²) in [7, 11) is 0. The van der Waals surface area contributed by atoms with Crippen LogP contribution in [0.15, 0.2) is 0 Å². The van der Waals surface area contributed by atoms with Gasteiger partial charge < -0.3 is 4.74 Å². The maximum atomic E-state index is 6.08. The summed E-state index contributed by atoms with van der Waals surface area (Å²) in [6.45, 7) is 0. The topological polar surface area (TPSA) is 9.23 Å². The molecular formula is C10H17BrO. The minimum atomic E-state index is 0.0714. The van der Waals surface area contributed by atoms with Crippen LogP contribution in [0.4, 0.5) is 0 Å². The van der Waals surface area contributed by atoms with E-state index in [1.165, 1.54) is 51.4 Å². The Kier molecular flexibility index (Phi) is 2.75. The van der Waals surface area contributed by atoms with Crippen LogP contribution in [-0.4, -0.2) is 10.6 Å². The van der Waals surface area contributed by atoms with Gasteiger partial charge in [0.1, 0.15) is 4.51 Å². The Morgan fingerprint density at radius 3 is 2.17 bits per heavy atom. The molecule has 1 nitrogen and oxygen atoms in total. The Balaban J connectivity index is 1.83. The zero-order chi connectivity index (χ0) is 8.44. The second-order valence-electron chi connectivity index (χ2n) is 4.11. The second-order valence-corrected chi connectivity index (χ2v) is 5.56. The average Bonchev–Trinajstić information content (AvgIpc) is 2.62. The maximum absolute atomic E-state index is 6.08. The van der Waals surface area contributed by atoms with E-state index in [0.29, 0.717) is 6.10 Å². The number of hydrogen-bond donors (Lipinski definition) is 0. The lowest BCUT2D eigenvalue weighted by atomic mass is 10.2. The van der Waals surface area contributed by atoms with Gasteiger partial charge in [-0.1, -0.05) is 28.8 Å². The number of hydrogen-bond acceptors (Lipinski definition) is 1. The molecule has 0 aromatic carbocycles. The van der Waals surface area contributed by atoms with Crippen LogP contribution >= 0.6 is 15.9 Å². The van der Waals surface area contributed by atoms with E-state index in [9.17, 15) is 0 Å². The lowest BCUT2D eigenvalue weighted by Gasteiger charge is -2.26. The zero-order valence-corrected chi connectivity index (χ0v) is 9.11. The van der Waals surface area contributed by atoms with Crippen LogP contribution in [0.25, 0.3) is 0 Å². The highest BCUT2D eigenvalue weighted by Crippen LogP contribution is 2.41. The van der Waals surface area contributed by atoms with Crippen molar-refractivity contribution in [2.75, 3.05) is 0 Å². The van der Waals surface area contributed by atoms with Crippen LogP contribution in [0.2, 0.25) is 0 Å². The summed E-state index contributed by atoms with van der Waals surface area (Å²) in [4.78, 5) is 0. The van der Waals surface area contributed by atoms with Crippen molar-refractivity contribution in [2.24, 2.45) is 0 Å². The minimum Gasteiger partial charge on any atom is -0.361 e. The van der Waals surface area contributed by atoms with Gasteiger partial charge in [0, 0.05) is 0 Å². The molecule has 0 bridgehead atoms. The molecule has 0 unspecified atom stereocenters. The van der Waals surface area contributed by atoms with Crippen molar-refractivity contribution in [1.29, 1.82) is 0 Å². The quantitative estimate of drug-likeness (QED) is 0.662. The molecule has 2 aliphatic carbocycles. The number of halogens is 1. The summed E-state index contributed by atoms with van der Waals surface area (Å²) in [5.41, 5.74) is 0. The van der Waals surface area contributed by atoms with E-state index in [1.807, 2.05) is 0 Å². The highest BCUT2D eigenvalue weighted by atomic mass is 79.9. The molecule has 2 fully saturated rings. The van der Waals surface area contributed by atoms with E-state index in [2.05, 4.69) is 15.9 Å². The molecule has 70 valence electrons. The third-order valence-electron chi connectivity index (χ3n) is 3.03. The standard InChI is InChI=1S/C10H17BrO/c11-10(7-3-4-8-10)12-9-5-1-2-6-9/h9H,1-8H2. The van der Waals surface area contributed by atoms with Crippen LogP contribution in [0.1, 0.15) is 51.4 Å². The lowest BCUT2D eigenvalue weighted by Crippen LogP contribution is -2.26. The van der Waals surface area contributed by atoms with Crippen LogP contribution < -0.4 is 0 Å². The zero-order valence-electron chi connectivity index (χ0n) is 7.52. The van der Waals surface area contributed by atoms with Crippen molar-refractivity contribution in [3.63, 3.8) is 0 Å². The molecule has 0 radical (unpaired) electrons. The van der Waals surface area contributed by atoms with E-state index in [-0.39, 0.29) is 4.51 Å². The van der Waals surface area contributed by atoms with Gasteiger partial charge in [-0.25, -0.2) is 0 Å². The molecule has 2 aliphatic rings. The molecule has 0 atom stereocenters. The van der Waals surface area contributed by atoms with Gasteiger partial charge in [0.05, 0.1) is 6.10 Å². The summed E-state index contributed by atoms with van der Waals surface area (Å²) in [5, 5.41) is 0. The van der Waals surface area contributed by atoms with Gasteiger partial charge in [0.15, 0.2) is 0 Å². The summed E-state index contributed by atoms with van der Waals surface area (Å²) in [6, 6.07) is 0. The van der Waals surface area contributed by atoms with Crippen molar-refractivity contribution in [2.45, 2.75) is 62.0 Å². The van der Waals surface area contributed by atoms with Crippen molar-refractivity contribution in [3.05, 3.63) is 0 Å². The van der Waals surface area contributed by atoms with Crippen LogP contribution in [0.5, 0.6) is 0 Å². The first kappa shape index (κ1) is 9.01. The summed E-state index contributed by atoms with van der Waals surface area (Å²) >= 11 is 3.73. The molecule has 2 rings (SSSR count). The lowest BCUT2D eigenvalue weighted by molar-refractivity contribution is -0.0221. The van der Waals surface area contributed by atoms with Crippen LogP contribution in [0, 0.1) is 0 Å². The maximum Gasteiger partial charge on any atom is 0.123 e. The third-order valence-corrected chi connectivity index (χ3v) is 4.01. The van der Waals surface area contributed by atoms with Gasteiger partial charge in [-0.3, -0.25) is 0 Å². The Labute approximate surface area is 83.0 Å². The Morgan fingerprint density at radius 1 is 1.00 bits per heavy atom. The van der Waals surface area contributed by atoms with E-state index >= 15 is 0 Å². The van der Waals surface area contributed by atoms with Gasteiger partial charge in [-0.15, -0.1) is 0 Å². The number of ether oxygens (including phenoxy) is 1. The fourth-order valence-corrected chi connectivity index (χ4v) is 3.15. The van der Waals surface area contributed by atoms with Crippen molar-refractivity contribution >= 4 is 15.9 Å². The SMILES string of the molecule is BrC1(OC2CCCC2)CCCC1. The fourth-order valence-electron chi connectivity index (χ4n) is 2.33. The molecule has 0 spiro atoms. The predicted octanol–water partition coefficient (Wildman–Crippen LogP) is 3.61. The predicted molar refractivity (Wildman–Crippen MR) is 53.5 cm³/mol. The molecule has 0 saturated heterocycles. The fraction of sp³-hybridized carbons (Fsp3) is 1.00. The first-order valence-corrected chi connectivity index (χ1v) is 5.95. The van der Waals surface area contributed by atoms with E-state index < -0.39 is 0 Å². The highest BCUT2D eigenvalue weighted by Gasteiger charge is 2.34. The largest absolute Gasteiger partial charge is 0.361 e. The molecular weight excluding hydrogens is 216 g/mol. The van der Waals surface area contributed by atoms with Crippen LogP contribution in [-0.2, 0) is 4.74 Å². The van der Waals surface area contributed by atoms with Crippen molar-refractivity contribution < 1.29 is 4.74 Å². The molecule has 0 heterocycles. The Bertz CT molecular complexity index is 146. The summed E-state index contributed by atoms with van der Waals surface area (Å²) in [5.74, 6) is 0. The summed E-state index contributed by atoms with van der Waals surface area (Å²) in [6.07, 6.45) is 11.0. The Morgan fingerprint density at radius 2 is 1.58 bits per heavy atom. The molecule has 0 amide bonds.